The van der Waals surface area contributed by atoms with Crippen molar-refractivity contribution in [3.63, 3.8) is 0 Å². The second-order valence-electron chi connectivity index (χ2n) is 3.99. The molecule has 0 saturated carbocycles. The molecule has 0 amide bonds. The summed E-state index contributed by atoms with van der Waals surface area (Å²) in [6.07, 6.45) is 0. The van der Waals surface area contributed by atoms with Crippen LogP contribution in [-0.2, 0) is 0 Å². The van der Waals surface area contributed by atoms with Gasteiger partial charge in [0.15, 0.2) is 0 Å². The van der Waals surface area contributed by atoms with Crippen molar-refractivity contribution >= 4 is 0 Å². The van der Waals surface area contributed by atoms with Crippen LogP contribution in [0.25, 0.3) is 0 Å². The maximum atomic E-state index is 12.7. The van der Waals surface area contributed by atoms with E-state index >= 15 is 0 Å². The van der Waals surface area contributed by atoms with Crippen LogP contribution in [0, 0.1) is 5.82 Å². The van der Waals surface area contributed by atoms with Gasteiger partial charge in [0.2, 0.25) is 0 Å². The van der Waals surface area contributed by atoms with Gasteiger partial charge in [0, 0.05) is 12.1 Å². The molecule has 0 aromatic heterocycles. The molecule has 0 aliphatic heterocycles. The molecule has 0 N–H and O–H groups in total. The van der Waals surface area contributed by atoms with Crippen LogP contribution < -0.4 is 0 Å². The van der Waals surface area contributed by atoms with Gasteiger partial charge in [-0.25, -0.2) is 4.39 Å². The highest BCUT2D eigenvalue weighted by atomic mass is 19.1. The third-order valence-electron chi connectivity index (χ3n) is 2.78. The second kappa shape index (κ2) is 4.56. The first-order chi connectivity index (χ1) is 6.52. The third kappa shape index (κ3) is 2.55. The van der Waals surface area contributed by atoms with Crippen molar-refractivity contribution in [2.45, 2.75) is 32.9 Å². The molecule has 0 bridgehead atoms. The normalized spacial score (nSPS) is 13.6. The Labute approximate surface area is 85.5 Å². The van der Waals surface area contributed by atoms with Gasteiger partial charge in [0.25, 0.3) is 0 Å². The molecule has 1 aromatic rings. The van der Waals surface area contributed by atoms with E-state index in [0.717, 1.165) is 5.56 Å². The predicted molar refractivity (Wildman–Crippen MR) is 57.7 cm³/mol. The molecule has 78 valence electrons. The standard InChI is InChI=1S/C12H18FN/c1-9(2)14(4)10(3)11-5-7-12(13)8-6-11/h5-10H,1-4H3/t10-/m0/s1. The van der Waals surface area contributed by atoms with E-state index < -0.39 is 0 Å². The summed E-state index contributed by atoms with van der Waals surface area (Å²) in [6, 6.07) is 7.54. The van der Waals surface area contributed by atoms with Crippen LogP contribution in [0.15, 0.2) is 24.3 Å². The zero-order valence-electron chi connectivity index (χ0n) is 9.29. The van der Waals surface area contributed by atoms with Crippen molar-refractivity contribution in [2.75, 3.05) is 7.05 Å². The van der Waals surface area contributed by atoms with Crippen molar-refractivity contribution in [3.8, 4) is 0 Å². The highest BCUT2D eigenvalue weighted by molar-refractivity contribution is 5.19. The molecule has 0 unspecified atom stereocenters. The fraction of sp³-hybridized carbons (Fsp3) is 0.500. The number of hydrogen-bond donors (Lipinski definition) is 0. The van der Waals surface area contributed by atoms with Crippen molar-refractivity contribution in [2.24, 2.45) is 0 Å². The average molecular weight is 195 g/mol. The Morgan fingerprint density at radius 3 is 2.00 bits per heavy atom. The second-order valence-corrected chi connectivity index (χ2v) is 3.99. The largest absolute Gasteiger partial charge is 0.297 e. The molecule has 1 rings (SSSR count). The van der Waals surface area contributed by atoms with Gasteiger partial charge in [0.05, 0.1) is 0 Å². The van der Waals surface area contributed by atoms with E-state index in [2.05, 4.69) is 32.7 Å². The minimum Gasteiger partial charge on any atom is -0.297 e. The zero-order valence-corrected chi connectivity index (χ0v) is 9.29. The Bertz CT molecular complexity index is 279. The fourth-order valence-electron chi connectivity index (χ4n) is 1.42. The molecular formula is C12H18FN. The molecule has 0 heterocycles. The lowest BCUT2D eigenvalue weighted by Crippen LogP contribution is -2.29. The van der Waals surface area contributed by atoms with Crippen molar-refractivity contribution in [3.05, 3.63) is 35.6 Å². The Morgan fingerprint density at radius 1 is 1.07 bits per heavy atom. The van der Waals surface area contributed by atoms with E-state index in [0.29, 0.717) is 12.1 Å². The molecule has 2 heteroatoms. The predicted octanol–water partition coefficient (Wildman–Crippen LogP) is 3.23. The Morgan fingerprint density at radius 2 is 1.57 bits per heavy atom. The Kier molecular flexibility index (Phi) is 3.64. The fourth-order valence-corrected chi connectivity index (χ4v) is 1.42. The van der Waals surface area contributed by atoms with Crippen molar-refractivity contribution in [1.29, 1.82) is 0 Å². The summed E-state index contributed by atoms with van der Waals surface area (Å²) >= 11 is 0. The summed E-state index contributed by atoms with van der Waals surface area (Å²) in [5.41, 5.74) is 1.16. The van der Waals surface area contributed by atoms with Crippen LogP contribution in [-0.4, -0.2) is 18.0 Å². The van der Waals surface area contributed by atoms with E-state index in [1.807, 2.05) is 12.1 Å². The molecule has 0 saturated heterocycles. The van der Waals surface area contributed by atoms with Gasteiger partial charge in [0.1, 0.15) is 5.82 Å². The van der Waals surface area contributed by atoms with E-state index in [1.165, 1.54) is 12.1 Å². The summed E-state index contributed by atoms with van der Waals surface area (Å²) in [5.74, 6) is -0.173. The molecular weight excluding hydrogens is 177 g/mol. The lowest BCUT2D eigenvalue weighted by Gasteiger charge is -2.28. The van der Waals surface area contributed by atoms with Crippen LogP contribution in [0.3, 0.4) is 0 Å². The number of benzene rings is 1. The van der Waals surface area contributed by atoms with Crippen molar-refractivity contribution in [1.82, 2.24) is 4.90 Å². The molecule has 0 radical (unpaired) electrons. The first kappa shape index (κ1) is 11.2. The van der Waals surface area contributed by atoms with Crippen LogP contribution in [0.5, 0.6) is 0 Å². The molecule has 0 aliphatic rings. The van der Waals surface area contributed by atoms with Crippen molar-refractivity contribution < 1.29 is 4.39 Å². The van der Waals surface area contributed by atoms with Gasteiger partial charge in [-0.05, 0) is 45.5 Å². The van der Waals surface area contributed by atoms with E-state index in [9.17, 15) is 4.39 Å². The number of hydrogen-bond acceptors (Lipinski definition) is 1. The van der Waals surface area contributed by atoms with Crippen LogP contribution >= 0.6 is 0 Å². The highest BCUT2D eigenvalue weighted by Crippen LogP contribution is 2.20. The van der Waals surface area contributed by atoms with Crippen LogP contribution in [0.1, 0.15) is 32.4 Å². The maximum absolute atomic E-state index is 12.7. The number of rotatable bonds is 3. The summed E-state index contributed by atoms with van der Waals surface area (Å²) in [4.78, 5) is 2.26. The molecule has 1 aromatic carbocycles. The van der Waals surface area contributed by atoms with E-state index in [4.69, 9.17) is 0 Å². The molecule has 0 aliphatic carbocycles. The highest BCUT2D eigenvalue weighted by Gasteiger charge is 2.13. The Balaban J connectivity index is 2.78. The van der Waals surface area contributed by atoms with Gasteiger partial charge in [-0.15, -0.1) is 0 Å². The van der Waals surface area contributed by atoms with Gasteiger partial charge in [-0.3, -0.25) is 4.90 Å². The minimum absolute atomic E-state index is 0.173. The third-order valence-corrected chi connectivity index (χ3v) is 2.78. The first-order valence-electron chi connectivity index (χ1n) is 4.99. The number of nitrogens with zero attached hydrogens (tertiary/aromatic N) is 1. The molecule has 0 spiro atoms. The summed E-state index contributed by atoms with van der Waals surface area (Å²) in [5, 5.41) is 0. The van der Waals surface area contributed by atoms with Crippen LogP contribution in [0.2, 0.25) is 0 Å². The van der Waals surface area contributed by atoms with E-state index in [-0.39, 0.29) is 5.82 Å². The summed E-state index contributed by atoms with van der Waals surface area (Å²) < 4.78 is 12.7. The lowest BCUT2D eigenvalue weighted by molar-refractivity contribution is 0.210. The minimum atomic E-state index is -0.173. The summed E-state index contributed by atoms with van der Waals surface area (Å²) in [7, 11) is 2.08. The monoisotopic (exact) mass is 195 g/mol. The quantitative estimate of drug-likeness (QED) is 0.715. The molecule has 0 fully saturated rings. The van der Waals surface area contributed by atoms with E-state index in [1.54, 1.807) is 0 Å². The van der Waals surface area contributed by atoms with Gasteiger partial charge < -0.3 is 0 Å². The van der Waals surface area contributed by atoms with Gasteiger partial charge in [-0.1, -0.05) is 12.1 Å². The molecule has 1 nitrogen and oxygen atoms in total. The van der Waals surface area contributed by atoms with Gasteiger partial charge >= 0.3 is 0 Å². The maximum Gasteiger partial charge on any atom is 0.123 e. The Hall–Kier alpha value is -0.890. The van der Waals surface area contributed by atoms with Gasteiger partial charge in [-0.2, -0.15) is 0 Å². The SMILES string of the molecule is CC(C)N(C)[C@@H](C)c1ccc(F)cc1. The topological polar surface area (TPSA) is 3.24 Å². The number of halogens is 1. The lowest BCUT2D eigenvalue weighted by atomic mass is 10.1. The first-order valence-corrected chi connectivity index (χ1v) is 4.99. The van der Waals surface area contributed by atoms with Crippen LogP contribution in [0.4, 0.5) is 4.39 Å². The zero-order chi connectivity index (χ0) is 10.7. The summed E-state index contributed by atoms with van der Waals surface area (Å²) in [6.45, 7) is 6.44. The molecule has 1 atom stereocenters. The smallest absolute Gasteiger partial charge is 0.123 e. The molecule has 14 heavy (non-hydrogen) atoms. The average Bonchev–Trinajstić information content (AvgIpc) is 2.16.